The molecule has 7 nitrogen and oxygen atoms in total. The van der Waals surface area contributed by atoms with Gasteiger partial charge in [0.2, 0.25) is 0 Å². The SMILES string of the molecule is COC(=O)C[C@@]1(C(=O)OC)Nc2ccc(Br)cc2C(=O)O1. The first-order chi connectivity index (χ1) is 9.91. The fourth-order valence-electron chi connectivity index (χ4n) is 1.94. The quantitative estimate of drug-likeness (QED) is 0.646. The molecule has 21 heavy (non-hydrogen) atoms. The highest BCUT2D eigenvalue weighted by molar-refractivity contribution is 9.10. The standard InChI is InChI=1S/C13H12BrNO6/c1-19-10(16)6-13(12(18)20-2)15-9-4-3-7(14)5-8(9)11(17)21-13/h3-5,15H,6H2,1-2H3/t13-/m1/s1. The number of benzene rings is 1. The summed E-state index contributed by atoms with van der Waals surface area (Å²) in [5.41, 5.74) is -1.32. The summed E-state index contributed by atoms with van der Waals surface area (Å²) in [6.07, 6.45) is -0.503. The van der Waals surface area contributed by atoms with Gasteiger partial charge < -0.3 is 19.5 Å². The van der Waals surface area contributed by atoms with Crippen LogP contribution in [0.1, 0.15) is 16.8 Å². The number of ether oxygens (including phenoxy) is 3. The lowest BCUT2D eigenvalue weighted by molar-refractivity contribution is -0.167. The van der Waals surface area contributed by atoms with Crippen molar-refractivity contribution in [1.82, 2.24) is 0 Å². The van der Waals surface area contributed by atoms with Crippen LogP contribution in [0.2, 0.25) is 0 Å². The topological polar surface area (TPSA) is 90.9 Å². The Hall–Kier alpha value is -2.09. The largest absolute Gasteiger partial charge is 0.469 e. The number of methoxy groups -OCH3 is 2. The van der Waals surface area contributed by atoms with Gasteiger partial charge in [-0.25, -0.2) is 9.59 Å². The minimum absolute atomic E-state index is 0.244. The minimum Gasteiger partial charge on any atom is -0.469 e. The van der Waals surface area contributed by atoms with Crippen LogP contribution in [-0.4, -0.2) is 37.9 Å². The van der Waals surface area contributed by atoms with Gasteiger partial charge in [0.25, 0.3) is 5.72 Å². The molecule has 2 rings (SSSR count). The molecule has 0 amide bonds. The van der Waals surface area contributed by atoms with Crippen LogP contribution >= 0.6 is 15.9 Å². The fraction of sp³-hybridized carbons (Fsp3) is 0.308. The number of fused-ring (bicyclic) bond motifs is 1. The van der Waals surface area contributed by atoms with E-state index in [2.05, 4.69) is 30.7 Å². The van der Waals surface area contributed by atoms with Crippen molar-refractivity contribution in [2.45, 2.75) is 12.1 Å². The van der Waals surface area contributed by atoms with E-state index >= 15 is 0 Å². The van der Waals surface area contributed by atoms with Gasteiger partial charge in [-0.2, -0.15) is 0 Å². The molecule has 112 valence electrons. The molecule has 1 aromatic carbocycles. The van der Waals surface area contributed by atoms with Crippen LogP contribution in [0.4, 0.5) is 5.69 Å². The maximum atomic E-state index is 12.1. The molecule has 0 unspecified atom stereocenters. The molecule has 1 aliphatic rings. The van der Waals surface area contributed by atoms with Crippen LogP contribution < -0.4 is 5.32 Å². The number of anilines is 1. The van der Waals surface area contributed by atoms with Crippen LogP contribution in [-0.2, 0) is 23.8 Å². The lowest BCUT2D eigenvalue weighted by Crippen LogP contribution is -2.55. The highest BCUT2D eigenvalue weighted by Gasteiger charge is 2.50. The molecule has 1 N–H and O–H groups in total. The lowest BCUT2D eigenvalue weighted by atomic mass is 10.0. The third-order valence-electron chi connectivity index (χ3n) is 2.94. The Kier molecular flexibility index (Phi) is 4.17. The Morgan fingerprint density at radius 1 is 1.33 bits per heavy atom. The Morgan fingerprint density at radius 2 is 2.05 bits per heavy atom. The average molecular weight is 358 g/mol. The van der Waals surface area contributed by atoms with Crippen molar-refractivity contribution in [2.75, 3.05) is 19.5 Å². The zero-order valence-corrected chi connectivity index (χ0v) is 12.9. The van der Waals surface area contributed by atoms with E-state index in [0.717, 1.165) is 7.11 Å². The maximum Gasteiger partial charge on any atom is 0.372 e. The number of nitrogens with one attached hydrogen (secondary N) is 1. The highest BCUT2D eigenvalue weighted by atomic mass is 79.9. The molecule has 0 bridgehead atoms. The zero-order chi connectivity index (χ0) is 15.6. The van der Waals surface area contributed by atoms with Crippen molar-refractivity contribution in [3.8, 4) is 0 Å². The molecule has 0 aromatic heterocycles. The summed E-state index contributed by atoms with van der Waals surface area (Å²) < 4.78 is 15.0. The zero-order valence-electron chi connectivity index (χ0n) is 11.3. The van der Waals surface area contributed by atoms with Crippen LogP contribution in [0.5, 0.6) is 0 Å². The van der Waals surface area contributed by atoms with Gasteiger partial charge >= 0.3 is 17.9 Å². The molecule has 0 saturated carbocycles. The first kappa shape index (κ1) is 15.3. The second-order valence-electron chi connectivity index (χ2n) is 4.28. The maximum absolute atomic E-state index is 12.1. The van der Waals surface area contributed by atoms with Crippen LogP contribution in [0, 0.1) is 0 Å². The molecule has 0 fully saturated rings. The number of carbonyl (C=O) groups excluding carboxylic acids is 3. The van der Waals surface area contributed by atoms with E-state index in [9.17, 15) is 14.4 Å². The molecule has 0 radical (unpaired) electrons. The van der Waals surface area contributed by atoms with Gasteiger partial charge in [-0.1, -0.05) is 15.9 Å². The third kappa shape index (κ3) is 2.85. The summed E-state index contributed by atoms with van der Waals surface area (Å²) in [5, 5.41) is 2.74. The summed E-state index contributed by atoms with van der Waals surface area (Å²) >= 11 is 3.24. The highest BCUT2D eigenvalue weighted by Crippen LogP contribution is 2.33. The summed E-state index contributed by atoms with van der Waals surface area (Å²) in [5.74, 6) is -2.35. The van der Waals surface area contributed by atoms with Crippen molar-refractivity contribution < 1.29 is 28.6 Å². The number of esters is 3. The third-order valence-corrected chi connectivity index (χ3v) is 3.43. The minimum atomic E-state index is -1.93. The van der Waals surface area contributed by atoms with E-state index in [1.165, 1.54) is 7.11 Å². The van der Waals surface area contributed by atoms with E-state index in [-0.39, 0.29) is 5.56 Å². The van der Waals surface area contributed by atoms with Crippen molar-refractivity contribution in [3.63, 3.8) is 0 Å². The summed E-state index contributed by atoms with van der Waals surface area (Å²) in [6, 6.07) is 4.82. The van der Waals surface area contributed by atoms with Gasteiger partial charge in [0.15, 0.2) is 0 Å². The molecule has 0 saturated heterocycles. The molecule has 1 aliphatic heterocycles. The van der Waals surface area contributed by atoms with Gasteiger partial charge in [-0.05, 0) is 18.2 Å². The van der Waals surface area contributed by atoms with Crippen LogP contribution in [0.15, 0.2) is 22.7 Å². The van der Waals surface area contributed by atoms with Crippen molar-refractivity contribution in [1.29, 1.82) is 0 Å². The fourth-order valence-corrected chi connectivity index (χ4v) is 2.30. The molecule has 1 heterocycles. The van der Waals surface area contributed by atoms with Crippen molar-refractivity contribution >= 4 is 39.5 Å². The normalized spacial score (nSPS) is 19.9. The molecule has 1 atom stereocenters. The van der Waals surface area contributed by atoms with Crippen LogP contribution in [0.3, 0.4) is 0 Å². The number of hydrogen-bond acceptors (Lipinski definition) is 7. The Balaban J connectivity index is 2.45. The van der Waals surface area contributed by atoms with Crippen LogP contribution in [0.25, 0.3) is 0 Å². The first-order valence-electron chi connectivity index (χ1n) is 5.88. The van der Waals surface area contributed by atoms with E-state index in [0.29, 0.717) is 10.2 Å². The first-order valence-corrected chi connectivity index (χ1v) is 6.67. The summed E-state index contributed by atoms with van der Waals surface area (Å²) in [7, 11) is 2.30. The van der Waals surface area contributed by atoms with Crippen molar-refractivity contribution in [3.05, 3.63) is 28.2 Å². The Morgan fingerprint density at radius 3 is 2.67 bits per heavy atom. The second-order valence-corrected chi connectivity index (χ2v) is 5.19. The van der Waals surface area contributed by atoms with E-state index in [1.54, 1.807) is 18.2 Å². The van der Waals surface area contributed by atoms with Gasteiger partial charge in [0, 0.05) is 4.47 Å². The molecule has 0 aliphatic carbocycles. The van der Waals surface area contributed by atoms with Crippen molar-refractivity contribution in [2.24, 2.45) is 0 Å². The lowest BCUT2D eigenvalue weighted by Gasteiger charge is -2.35. The van der Waals surface area contributed by atoms with E-state index in [4.69, 9.17) is 4.74 Å². The summed E-state index contributed by atoms with van der Waals surface area (Å²) in [4.78, 5) is 35.6. The molecule has 8 heteroatoms. The van der Waals surface area contributed by atoms with E-state index < -0.39 is 30.1 Å². The number of cyclic esters (lactones) is 1. The predicted molar refractivity (Wildman–Crippen MR) is 74.6 cm³/mol. The Bertz CT molecular complexity index is 617. The second kappa shape index (κ2) is 5.72. The number of rotatable bonds is 3. The van der Waals surface area contributed by atoms with Gasteiger partial charge in [-0.15, -0.1) is 0 Å². The molecule has 1 aromatic rings. The molecule has 0 spiro atoms. The predicted octanol–water partition coefficient (Wildman–Crippen LogP) is 1.46. The van der Waals surface area contributed by atoms with E-state index in [1.807, 2.05) is 0 Å². The van der Waals surface area contributed by atoms with Gasteiger partial charge in [-0.3, -0.25) is 4.79 Å². The monoisotopic (exact) mass is 357 g/mol. The molecular formula is C13H12BrNO6. The smallest absolute Gasteiger partial charge is 0.372 e. The molecular weight excluding hydrogens is 346 g/mol. The number of hydrogen-bond donors (Lipinski definition) is 1. The average Bonchev–Trinajstić information content (AvgIpc) is 2.47. The summed E-state index contributed by atoms with van der Waals surface area (Å²) in [6.45, 7) is 0. The van der Waals surface area contributed by atoms with Gasteiger partial charge in [0.05, 0.1) is 25.5 Å². The number of halogens is 1. The van der Waals surface area contributed by atoms with Gasteiger partial charge in [0.1, 0.15) is 6.42 Å². The Labute approximate surface area is 128 Å². The number of carbonyl (C=O) groups is 3.